The third kappa shape index (κ3) is 5.81. The lowest BCUT2D eigenvalue weighted by atomic mass is 10.2. The molecule has 156 valence electrons. The van der Waals surface area contributed by atoms with E-state index in [1.165, 1.54) is 6.20 Å². The Kier molecular flexibility index (Phi) is 6.68. The number of carbonyl (C=O) groups is 1. The first kappa shape index (κ1) is 21.3. The van der Waals surface area contributed by atoms with Gasteiger partial charge in [-0.25, -0.2) is 13.4 Å². The van der Waals surface area contributed by atoms with Crippen LogP contribution in [0, 0.1) is 6.92 Å². The lowest BCUT2D eigenvalue weighted by molar-refractivity contribution is -0.114. The van der Waals surface area contributed by atoms with Gasteiger partial charge in [-0.3, -0.25) is 9.10 Å². The van der Waals surface area contributed by atoms with Gasteiger partial charge in [0.2, 0.25) is 21.8 Å². The quantitative estimate of drug-likeness (QED) is 0.598. The summed E-state index contributed by atoms with van der Waals surface area (Å²) in [6.45, 7) is 1.85. The molecule has 3 rings (SSSR count). The number of aryl methyl sites for hydroxylation is 1. The number of carbonyl (C=O) groups excluding carboxylic acids is 1. The molecule has 0 spiro atoms. The first-order chi connectivity index (χ1) is 14.3. The Morgan fingerprint density at radius 2 is 1.73 bits per heavy atom. The second-order valence-corrected chi connectivity index (χ2v) is 8.67. The minimum absolute atomic E-state index is 0.337. The molecule has 0 bridgehead atoms. The molecule has 0 fully saturated rings. The number of benzene rings is 2. The molecule has 7 nitrogen and oxygen atoms in total. The number of para-hydroxylation sites is 1. The number of ether oxygens (including phenoxy) is 1. The molecule has 3 aromatic rings. The topological polar surface area (TPSA) is 88.6 Å². The zero-order valence-corrected chi connectivity index (χ0v) is 17.6. The molecular weight excluding hydrogens is 402 g/mol. The van der Waals surface area contributed by atoms with E-state index in [2.05, 4.69) is 10.3 Å². The number of amides is 1. The largest absolute Gasteiger partial charge is 0.473 e. The number of nitrogens with zero attached hydrogens (tertiary/aromatic N) is 2. The van der Waals surface area contributed by atoms with Crippen molar-refractivity contribution in [2.45, 2.75) is 13.5 Å². The average Bonchev–Trinajstić information content (AvgIpc) is 2.72. The highest BCUT2D eigenvalue weighted by atomic mass is 32.2. The predicted octanol–water partition coefficient (Wildman–Crippen LogP) is 3.37. The van der Waals surface area contributed by atoms with Crippen LogP contribution in [-0.2, 0) is 21.4 Å². The maximum atomic E-state index is 12.5. The number of hydrogen-bond donors (Lipinski definition) is 1. The van der Waals surface area contributed by atoms with Crippen LogP contribution in [0.1, 0.15) is 11.1 Å². The second kappa shape index (κ2) is 9.41. The van der Waals surface area contributed by atoms with E-state index in [0.29, 0.717) is 23.9 Å². The number of anilines is 2. The third-order valence-electron chi connectivity index (χ3n) is 4.32. The minimum atomic E-state index is -3.63. The molecule has 0 radical (unpaired) electrons. The summed E-state index contributed by atoms with van der Waals surface area (Å²) in [7, 11) is -3.63. The Morgan fingerprint density at radius 1 is 1.03 bits per heavy atom. The van der Waals surface area contributed by atoms with Crippen molar-refractivity contribution in [3.63, 3.8) is 0 Å². The van der Waals surface area contributed by atoms with Gasteiger partial charge in [0.1, 0.15) is 13.2 Å². The van der Waals surface area contributed by atoms with Crippen molar-refractivity contribution in [1.29, 1.82) is 0 Å². The van der Waals surface area contributed by atoms with Gasteiger partial charge in [0.05, 0.1) is 23.8 Å². The molecule has 0 aliphatic heterocycles. The average molecular weight is 426 g/mol. The fourth-order valence-electron chi connectivity index (χ4n) is 2.83. The first-order valence-corrected chi connectivity index (χ1v) is 11.1. The van der Waals surface area contributed by atoms with E-state index in [9.17, 15) is 13.2 Å². The van der Waals surface area contributed by atoms with Crippen LogP contribution in [0.3, 0.4) is 0 Å². The number of aromatic nitrogens is 1. The van der Waals surface area contributed by atoms with E-state index >= 15 is 0 Å². The van der Waals surface area contributed by atoms with Crippen molar-refractivity contribution < 1.29 is 17.9 Å². The molecule has 8 heteroatoms. The maximum Gasteiger partial charge on any atom is 0.245 e. The molecule has 1 aromatic heterocycles. The molecule has 0 aliphatic rings. The van der Waals surface area contributed by atoms with E-state index in [1.807, 2.05) is 36.4 Å². The van der Waals surface area contributed by atoms with Gasteiger partial charge < -0.3 is 10.1 Å². The standard InChI is InChI=1S/C22H23N3O4S/c1-17-8-6-7-11-20(17)25(30(2,27)28)15-21(26)24-19-12-13-22(23-14-19)29-16-18-9-4-3-5-10-18/h3-14H,15-16H2,1-2H3,(H,24,26). The number of rotatable bonds is 8. The predicted molar refractivity (Wildman–Crippen MR) is 117 cm³/mol. The van der Waals surface area contributed by atoms with Gasteiger partial charge in [0.15, 0.2) is 0 Å². The normalized spacial score (nSPS) is 11.0. The van der Waals surface area contributed by atoms with Crippen molar-refractivity contribution in [2.75, 3.05) is 22.4 Å². The van der Waals surface area contributed by atoms with Crippen molar-refractivity contribution in [1.82, 2.24) is 4.98 Å². The number of nitrogens with one attached hydrogen (secondary N) is 1. The van der Waals surface area contributed by atoms with E-state index in [1.54, 1.807) is 37.3 Å². The zero-order valence-electron chi connectivity index (χ0n) is 16.8. The lowest BCUT2D eigenvalue weighted by Gasteiger charge is -2.23. The molecule has 0 aliphatic carbocycles. The van der Waals surface area contributed by atoms with Crippen LogP contribution in [0.25, 0.3) is 0 Å². The van der Waals surface area contributed by atoms with Crippen LogP contribution in [0.4, 0.5) is 11.4 Å². The summed E-state index contributed by atoms with van der Waals surface area (Å²) in [6.07, 6.45) is 2.55. The second-order valence-electron chi connectivity index (χ2n) is 6.76. The van der Waals surface area contributed by atoms with Gasteiger partial charge in [-0.2, -0.15) is 0 Å². The van der Waals surface area contributed by atoms with Gasteiger partial charge in [0.25, 0.3) is 0 Å². The van der Waals surface area contributed by atoms with Gasteiger partial charge >= 0.3 is 0 Å². The van der Waals surface area contributed by atoms with Crippen molar-refractivity contribution in [2.24, 2.45) is 0 Å². The van der Waals surface area contributed by atoms with Gasteiger partial charge in [-0.15, -0.1) is 0 Å². The van der Waals surface area contributed by atoms with Crippen molar-refractivity contribution >= 4 is 27.3 Å². The number of pyridine rings is 1. The van der Waals surface area contributed by atoms with Crippen LogP contribution in [0.15, 0.2) is 72.9 Å². The Morgan fingerprint density at radius 3 is 2.37 bits per heavy atom. The van der Waals surface area contributed by atoms with E-state index < -0.39 is 15.9 Å². The van der Waals surface area contributed by atoms with E-state index in [-0.39, 0.29) is 6.54 Å². The smallest absolute Gasteiger partial charge is 0.245 e. The number of hydrogen-bond acceptors (Lipinski definition) is 5. The molecular formula is C22H23N3O4S. The van der Waals surface area contributed by atoms with E-state index in [4.69, 9.17) is 4.74 Å². The van der Waals surface area contributed by atoms with Crippen molar-refractivity contribution in [3.05, 3.63) is 84.1 Å². The van der Waals surface area contributed by atoms with Gasteiger partial charge in [-0.05, 0) is 30.2 Å². The van der Waals surface area contributed by atoms with Crippen LogP contribution in [0.2, 0.25) is 0 Å². The summed E-state index contributed by atoms with van der Waals surface area (Å²) in [5.74, 6) is -0.0436. The lowest BCUT2D eigenvalue weighted by Crippen LogP contribution is -2.37. The highest BCUT2D eigenvalue weighted by Crippen LogP contribution is 2.22. The molecule has 30 heavy (non-hydrogen) atoms. The SMILES string of the molecule is Cc1ccccc1N(CC(=O)Nc1ccc(OCc2ccccc2)nc1)S(C)(=O)=O. The Balaban J connectivity index is 1.62. The van der Waals surface area contributed by atoms with Crippen LogP contribution < -0.4 is 14.4 Å². The third-order valence-corrected chi connectivity index (χ3v) is 5.45. The molecule has 0 atom stereocenters. The Labute approximate surface area is 176 Å². The maximum absolute atomic E-state index is 12.5. The van der Waals surface area contributed by atoms with Crippen LogP contribution in [-0.4, -0.2) is 32.1 Å². The van der Waals surface area contributed by atoms with Gasteiger partial charge in [-0.1, -0.05) is 48.5 Å². The van der Waals surface area contributed by atoms with Crippen molar-refractivity contribution in [3.8, 4) is 5.88 Å². The Bertz CT molecular complexity index is 1100. The summed E-state index contributed by atoms with van der Waals surface area (Å²) in [5.41, 5.74) is 2.70. The molecule has 0 saturated heterocycles. The molecule has 0 unspecified atom stereocenters. The number of sulfonamides is 1. The fraction of sp³-hybridized carbons (Fsp3) is 0.182. The molecule has 0 saturated carbocycles. The summed E-state index contributed by atoms with van der Waals surface area (Å²) in [4.78, 5) is 16.7. The van der Waals surface area contributed by atoms with Gasteiger partial charge in [0, 0.05) is 6.07 Å². The van der Waals surface area contributed by atoms with Crippen LogP contribution >= 0.6 is 0 Å². The van der Waals surface area contributed by atoms with E-state index in [0.717, 1.165) is 21.7 Å². The molecule has 2 aromatic carbocycles. The molecule has 1 amide bonds. The zero-order chi connectivity index (χ0) is 21.6. The summed E-state index contributed by atoms with van der Waals surface area (Å²) < 4.78 is 31.2. The van der Waals surface area contributed by atoms with Crippen LogP contribution in [0.5, 0.6) is 5.88 Å². The highest BCUT2D eigenvalue weighted by molar-refractivity contribution is 7.92. The molecule has 1 N–H and O–H groups in total. The summed E-state index contributed by atoms with van der Waals surface area (Å²) in [6, 6.07) is 20.0. The monoisotopic (exact) mass is 425 g/mol. The summed E-state index contributed by atoms with van der Waals surface area (Å²) >= 11 is 0. The Hall–Kier alpha value is -3.39. The summed E-state index contributed by atoms with van der Waals surface area (Å²) in [5, 5.41) is 2.67. The minimum Gasteiger partial charge on any atom is -0.473 e. The highest BCUT2D eigenvalue weighted by Gasteiger charge is 2.22. The fourth-order valence-corrected chi connectivity index (χ4v) is 3.74. The first-order valence-electron chi connectivity index (χ1n) is 9.29. The molecule has 1 heterocycles.